The zero-order chi connectivity index (χ0) is 25.0. The summed E-state index contributed by atoms with van der Waals surface area (Å²) >= 11 is 7.39. The molecule has 1 aromatic heterocycles. The number of halogens is 1. The third kappa shape index (κ3) is 6.10. The van der Waals surface area contributed by atoms with Crippen LogP contribution in [0.2, 0.25) is 5.02 Å². The Balaban J connectivity index is 1.78. The molecule has 9 heteroatoms. The number of nitrogens with zero attached hydrogens (tertiary/aromatic N) is 1. The molecule has 1 heterocycles. The van der Waals surface area contributed by atoms with Gasteiger partial charge in [-0.15, -0.1) is 11.3 Å². The highest BCUT2D eigenvalue weighted by Gasteiger charge is 2.30. The number of carboxylic acids is 1. The van der Waals surface area contributed by atoms with Crippen LogP contribution in [0.1, 0.15) is 43.4 Å². The molecule has 0 saturated carbocycles. The van der Waals surface area contributed by atoms with E-state index in [4.69, 9.17) is 21.4 Å². The van der Waals surface area contributed by atoms with Crippen molar-refractivity contribution >= 4 is 49.0 Å². The van der Waals surface area contributed by atoms with Crippen molar-refractivity contribution in [3.05, 3.63) is 58.1 Å². The lowest BCUT2D eigenvalue weighted by atomic mass is 10.0. The van der Waals surface area contributed by atoms with Crippen molar-refractivity contribution in [2.75, 3.05) is 13.1 Å². The molecule has 0 fully saturated rings. The van der Waals surface area contributed by atoms with Crippen molar-refractivity contribution in [1.82, 2.24) is 4.31 Å². The minimum absolute atomic E-state index is 0.0740. The van der Waals surface area contributed by atoms with Gasteiger partial charge in [0.05, 0.1) is 6.54 Å². The molecule has 0 saturated heterocycles. The van der Waals surface area contributed by atoms with Crippen LogP contribution < -0.4 is 4.74 Å². The molecule has 1 N–H and O–H groups in total. The van der Waals surface area contributed by atoms with Gasteiger partial charge in [0.25, 0.3) is 10.0 Å². The molecular weight excluding hydrogens is 494 g/mol. The lowest BCUT2D eigenvalue weighted by molar-refractivity contribution is -0.136. The van der Waals surface area contributed by atoms with Crippen molar-refractivity contribution in [3.63, 3.8) is 0 Å². The largest absolute Gasteiger partial charge is 0.489 e. The summed E-state index contributed by atoms with van der Waals surface area (Å²) in [6.07, 6.45) is 0.831. The van der Waals surface area contributed by atoms with Gasteiger partial charge in [-0.3, -0.25) is 4.79 Å². The molecule has 1 unspecified atom stereocenters. The molecular formula is C25H30ClNO5S2. The van der Waals surface area contributed by atoms with Gasteiger partial charge in [-0.05, 0) is 86.0 Å². The van der Waals surface area contributed by atoms with Gasteiger partial charge in [0.15, 0.2) is 0 Å². The SMILES string of the molecule is CCCN(CC(C)Oc1ccc(CCC(=O)O)c(C)c1)S(=O)(=O)c1sc2ccc(Cl)cc2c1C. The summed E-state index contributed by atoms with van der Waals surface area (Å²) in [4.78, 5) is 10.8. The number of benzene rings is 2. The van der Waals surface area contributed by atoms with Crippen LogP contribution in [-0.2, 0) is 21.2 Å². The fourth-order valence-corrected chi connectivity index (χ4v) is 7.57. The van der Waals surface area contributed by atoms with Gasteiger partial charge in [-0.2, -0.15) is 4.31 Å². The second kappa shape index (κ2) is 11.1. The summed E-state index contributed by atoms with van der Waals surface area (Å²) < 4.78 is 36.0. The standard InChI is InChI=1S/C25H30ClNO5S2/c1-5-12-27(34(30,31)25-18(4)22-14-20(26)8-10-23(22)33-25)15-17(3)32-21-9-6-19(16(2)13-21)7-11-24(28)29/h6,8-10,13-14,17H,5,7,11-12,15H2,1-4H3,(H,28,29). The van der Waals surface area contributed by atoms with Gasteiger partial charge in [-0.25, -0.2) is 8.42 Å². The van der Waals surface area contributed by atoms with Crippen molar-refractivity contribution in [3.8, 4) is 5.75 Å². The molecule has 0 bridgehead atoms. The number of hydrogen-bond donors (Lipinski definition) is 1. The van der Waals surface area contributed by atoms with Crippen LogP contribution in [0, 0.1) is 13.8 Å². The highest BCUT2D eigenvalue weighted by atomic mass is 35.5. The van der Waals surface area contributed by atoms with Crippen LogP contribution in [0.25, 0.3) is 10.1 Å². The third-order valence-electron chi connectivity index (χ3n) is 5.62. The Kier molecular flexibility index (Phi) is 8.62. The average molecular weight is 524 g/mol. The van der Waals surface area contributed by atoms with Crippen LogP contribution in [-0.4, -0.2) is 43.0 Å². The number of thiophene rings is 1. The van der Waals surface area contributed by atoms with Crippen LogP contribution in [0.15, 0.2) is 40.6 Å². The first-order valence-corrected chi connectivity index (χ1v) is 13.8. The van der Waals surface area contributed by atoms with Crippen molar-refractivity contribution < 1.29 is 23.1 Å². The van der Waals surface area contributed by atoms with Crippen LogP contribution in [0.4, 0.5) is 0 Å². The second-order valence-electron chi connectivity index (χ2n) is 8.43. The number of ether oxygens (including phenoxy) is 1. The summed E-state index contributed by atoms with van der Waals surface area (Å²) in [6.45, 7) is 8.14. The van der Waals surface area contributed by atoms with E-state index in [2.05, 4.69) is 0 Å². The molecule has 34 heavy (non-hydrogen) atoms. The number of carboxylic acid groups (broad SMARTS) is 1. The molecule has 6 nitrogen and oxygen atoms in total. The molecule has 0 radical (unpaired) electrons. The maximum atomic E-state index is 13.6. The summed E-state index contributed by atoms with van der Waals surface area (Å²) in [6, 6.07) is 11.0. The Bertz CT molecular complexity index is 1290. The van der Waals surface area contributed by atoms with E-state index in [-0.39, 0.29) is 19.1 Å². The first-order valence-electron chi connectivity index (χ1n) is 11.2. The van der Waals surface area contributed by atoms with Crippen molar-refractivity contribution in [2.45, 2.75) is 57.3 Å². The summed E-state index contributed by atoms with van der Waals surface area (Å²) in [5, 5.41) is 10.3. The van der Waals surface area contributed by atoms with Crippen molar-refractivity contribution in [1.29, 1.82) is 0 Å². The highest BCUT2D eigenvalue weighted by molar-refractivity contribution is 7.91. The predicted molar refractivity (Wildman–Crippen MR) is 138 cm³/mol. The summed E-state index contributed by atoms with van der Waals surface area (Å²) in [5.41, 5.74) is 2.62. The Morgan fingerprint density at radius 3 is 2.59 bits per heavy atom. The van der Waals surface area contributed by atoms with Gasteiger partial charge >= 0.3 is 5.97 Å². The summed E-state index contributed by atoms with van der Waals surface area (Å²) in [7, 11) is -3.71. The zero-order valence-electron chi connectivity index (χ0n) is 19.8. The fourth-order valence-electron chi connectivity index (χ4n) is 3.91. The van der Waals surface area contributed by atoms with E-state index in [0.717, 1.165) is 21.2 Å². The van der Waals surface area contributed by atoms with Crippen LogP contribution >= 0.6 is 22.9 Å². The van der Waals surface area contributed by atoms with Gasteiger partial charge in [0.2, 0.25) is 0 Å². The molecule has 1 atom stereocenters. The quantitative estimate of drug-likeness (QED) is 0.330. The molecule has 3 aromatic rings. The number of sulfonamides is 1. The number of rotatable bonds is 11. The molecule has 0 amide bonds. The van der Waals surface area contributed by atoms with Gasteiger partial charge < -0.3 is 9.84 Å². The van der Waals surface area contributed by atoms with Gasteiger partial charge in [0.1, 0.15) is 16.1 Å². The molecule has 3 rings (SSSR count). The number of aryl methyl sites for hydroxylation is 3. The van der Waals surface area contributed by atoms with Gasteiger partial charge in [0, 0.05) is 22.7 Å². The minimum atomic E-state index is -3.71. The van der Waals surface area contributed by atoms with Gasteiger partial charge in [-0.1, -0.05) is 24.6 Å². The smallest absolute Gasteiger partial charge is 0.303 e. The van der Waals surface area contributed by atoms with Crippen LogP contribution in [0.3, 0.4) is 0 Å². The zero-order valence-corrected chi connectivity index (χ0v) is 22.2. The molecule has 0 aliphatic heterocycles. The Morgan fingerprint density at radius 1 is 1.21 bits per heavy atom. The van der Waals surface area contributed by atoms with E-state index in [1.807, 2.05) is 45.9 Å². The lowest BCUT2D eigenvalue weighted by Crippen LogP contribution is -2.39. The maximum absolute atomic E-state index is 13.6. The maximum Gasteiger partial charge on any atom is 0.303 e. The van der Waals surface area contributed by atoms with E-state index in [9.17, 15) is 13.2 Å². The van der Waals surface area contributed by atoms with E-state index in [0.29, 0.717) is 39.9 Å². The molecule has 0 spiro atoms. The fraction of sp³-hybridized carbons (Fsp3) is 0.400. The predicted octanol–water partition coefficient (Wildman–Crippen LogP) is 6.06. The minimum Gasteiger partial charge on any atom is -0.489 e. The first-order chi connectivity index (χ1) is 16.0. The molecule has 2 aromatic carbocycles. The Labute approximate surface area is 210 Å². The van der Waals surface area contributed by atoms with E-state index >= 15 is 0 Å². The van der Waals surface area contributed by atoms with E-state index in [1.165, 1.54) is 15.6 Å². The van der Waals surface area contributed by atoms with E-state index in [1.54, 1.807) is 18.2 Å². The first kappa shape index (κ1) is 26.5. The Morgan fingerprint density at radius 2 is 1.94 bits per heavy atom. The lowest BCUT2D eigenvalue weighted by Gasteiger charge is -2.25. The number of hydrogen-bond acceptors (Lipinski definition) is 5. The summed E-state index contributed by atoms with van der Waals surface area (Å²) in [5.74, 6) is -0.201. The van der Waals surface area contributed by atoms with Crippen LogP contribution in [0.5, 0.6) is 5.75 Å². The number of fused-ring (bicyclic) bond motifs is 1. The molecule has 0 aliphatic carbocycles. The van der Waals surface area contributed by atoms with Crippen molar-refractivity contribution in [2.24, 2.45) is 0 Å². The number of carbonyl (C=O) groups is 1. The normalized spacial score (nSPS) is 12.9. The molecule has 0 aliphatic rings. The monoisotopic (exact) mass is 523 g/mol. The Hall–Kier alpha value is -2.13. The van der Waals surface area contributed by atoms with E-state index < -0.39 is 16.0 Å². The highest BCUT2D eigenvalue weighted by Crippen LogP contribution is 2.37. The molecule has 184 valence electrons. The number of aliphatic carboxylic acids is 1. The second-order valence-corrected chi connectivity index (χ2v) is 12.1. The third-order valence-corrected chi connectivity index (χ3v) is 9.59. The average Bonchev–Trinajstić information content (AvgIpc) is 3.09. The topological polar surface area (TPSA) is 83.9 Å².